The zero-order valence-electron chi connectivity index (χ0n) is 6.08. The molecule has 0 amide bonds. The molecule has 0 aromatic carbocycles. The van der Waals surface area contributed by atoms with Gasteiger partial charge in [-0.05, 0) is 12.8 Å². The Bertz CT molecular complexity index is 164. The molecule has 0 unspecified atom stereocenters. The van der Waals surface area contributed by atoms with E-state index in [1.807, 2.05) is 12.4 Å². The highest BCUT2D eigenvalue weighted by atomic mass is 32.2. The van der Waals surface area contributed by atoms with Crippen molar-refractivity contribution in [1.82, 2.24) is 0 Å². The van der Waals surface area contributed by atoms with Crippen molar-refractivity contribution in [2.45, 2.75) is 12.8 Å². The van der Waals surface area contributed by atoms with Crippen LogP contribution in [0.25, 0.3) is 0 Å². The first kappa shape index (κ1) is 9.87. The highest BCUT2D eigenvalue weighted by Crippen LogP contribution is 1.90. The lowest BCUT2D eigenvalue weighted by Gasteiger charge is -1.94. The second kappa shape index (κ2) is 4.65. The first-order valence-corrected chi connectivity index (χ1v) is 4.90. The van der Waals surface area contributed by atoms with Crippen molar-refractivity contribution in [1.29, 1.82) is 0 Å². The van der Waals surface area contributed by atoms with Crippen molar-refractivity contribution < 1.29 is 18.3 Å². The molecule has 4 nitrogen and oxygen atoms in total. The fraction of sp³-hybridized carbons (Fsp3) is 1.00. The van der Waals surface area contributed by atoms with Crippen LogP contribution in [0.2, 0.25) is 0 Å². The minimum absolute atomic E-state index is 0.110. The molecule has 62 valence electrons. The first-order valence-electron chi connectivity index (χ1n) is 3.29. The molecule has 0 spiro atoms. The average molecular weight is 168 g/mol. The maximum absolute atomic E-state index is 10.1. The lowest BCUT2D eigenvalue weighted by atomic mass is 10.3. The number of hydrogen-bond acceptors (Lipinski definition) is 2. The van der Waals surface area contributed by atoms with Crippen LogP contribution in [0.5, 0.6) is 0 Å². The van der Waals surface area contributed by atoms with Crippen LogP contribution in [-0.4, -0.2) is 32.3 Å². The molecule has 0 bridgehead atoms. The van der Waals surface area contributed by atoms with Crippen LogP contribution >= 0.6 is 0 Å². The molecule has 10 heavy (non-hydrogen) atoms. The largest absolute Gasteiger partial charge is 0.349 e. The Hall–Kier alpha value is -0.130. The van der Waals surface area contributed by atoms with E-state index < -0.39 is 10.1 Å². The molecule has 3 N–H and O–H groups in total. The van der Waals surface area contributed by atoms with Crippen LogP contribution < -0.4 is 5.32 Å². The minimum Gasteiger partial charge on any atom is -0.349 e. The van der Waals surface area contributed by atoms with Gasteiger partial charge in [-0.15, -0.1) is 0 Å². The first-order chi connectivity index (χ1) is 4.56. The maximum Gasteiger partial charge on any atom is 0.264 e. The van der Waals surface area contributed by atoms with E-state index in [9.17, 15) is 8.42 Å². The third-order valence-corrected chi connectivity index (χ3v) is 1.95. The summed E-state index contributed by atoms with van der Waals surface area (Å²) in [5.74, 6) is -0.110. The van der Waals surface area contributed by atoms with E-state index in [1.54, 1.807) is 0 Å². The Morgan fingerprint density at radius 1 is 1.40 bits per heavy atom. The van der Waals surface area contributed by atoms with Gasteiger partial charge in [-0.2, -0.15) is 8.42 Å². The van der Waals surface area contributed by atoms with Crippen molar-refractivity contribution in [2.75, 3.05) is 19.3 Å². The monoisotopic (exact) mass is 168 g/mol. The van der Waals surface area contributed by atoms with Gasteiger partial charge in [-0.1, -0.05) is 0 Å². The molecule has 0 radical (unpaired) electrons. The Morgan fingerprint density at radius 3 is 2.40 bits per heavy atom. The van der Waals surface area contributed by atoms with E-state index in [4.69, 9.17) is 4.55 Å². The van der Waals surface area contributed by atoms with Gasteiger partial charge in [-0.3, -0.25) is 4.55 Å². The Morgan fingerprint density at radius 2 is 2.00 bits per heavy atom. The Kier molecular flexibility index (Phi) is 4.59. The smallest absolute Gasteiger partial charge is 0.264 e. The molecule has 0 rings (SSSR count). The summed E-state index contributed by atoms with van der Waals surface area (Å²) in [7, 11) is -1.79. The van der Waals surface area contributed by atoms with Gasteiger partial charge in [0.15, 0.2) is 0 Å². The molecule has 0 aliphatic carbocycles. The molecule has 5 heteroatoms. The van der Waals surface area contributed by atoms with Crippen LogP contribution in [0.3, 0.4) is 0 Å². The molecular weight excluding hydrogens is 154 g/mol. The molecule has 0 aromatic rings. The summed E-state index contributed by atoms with van der Waals surface area (Å²) in [5.41, 5.74) is 0. The van der Waals surface area contributed by atoms with Gasteiger partial charge in [0.2, 0.25) is 0 Å². The highest BCUT2D eigenvalue weighted by molar-refractivity contribution is 7.85. The molecule has 0 heterocycles. The number of rotatable bonds is 5. The summed E-state index contributed by atoms with van der Waals surface area (Å²) < 4.78 is 28.6. The normalized spacial score (nSPS) is 11.8. The number of unbranched alkanes of at least 4 members (excludes halogenated alkanes) is 1. The SMILES string of the molecule is C[NH2+]CCCCS(=O)(=O)O. The molecule has 0 aliphatic heterocycles. The zero-order valence-corrected chi connectivity index (χ0v) is 6.89. The fourth-order valence-electron chi connectivity index (χ4n) is 0.633. The van der Waals surface area contributed by atoms with Crippen LogP contribution in [0.4, 0.5) is 0 Å². The van der Waals surface area contributed by atoms with Gasteiger partial charge >= 0.3 is 0 Å². The Balaban J connectivity index is 3.21. The maximum atomic E-state index is 10.1. The molecule has 0 saturated heterocycles. The van der Waals surface area contributed by atoms with Crippen molar-refractivity contribution in [3.63, 3.8) is 0 Å². The predicted octanol–water partition coefficient (Wildman–Crippen LogP) is -1.15. The summed E-state index contributed by atoms with van der Waals surface area (Å²) in [5, 5.41) is 1.98. The highest BCUT2D eigenvalue weighted by Gasteiger charge is 2.02. The number of nitrogens with two attached hydrogens (primary N) is 1. The molecule has 0 aliphatic rings. The quantitative estimate of drug-likeness (QED) is 0.402. The van der Waals surface area contributed by atoms with Gasteiger partial charge in [0, 0.05) is 0 Å². The van der Waals surface area contributed by atoms with E-state index >= 15 is 0 Å². The van der Waals surface area contributed by atoms with Crippen molar-refractivity contribution in [3.8, 4) is 0 Å². The standard InChI is InChI=1S/C5H13NO3S/c1-6-4-2-3-5-10(7,8)9/h6H,2-5H2,1H3,(H,7,8,9)/p+1. The van der Waals surface area contributed by atoms with Gasteiger partial charge < -0.3 is 5.32 Å². The third kappa shape index (κ3) is 7.87. The summed E-state index contributed by atoms with van der Waals surface area (Å²) in [6, 6.07) is 0. The predicted molar refractivity (Wildman–Crippen MR) is 38.4 cm³/mol. The van der Waals surface area contributed by atoms with Crippen molar-refractivity contribution >= 4 is 10.1 Å². The van der Waals surface area contributed by atoms with Crippen molar-refractivity contribution in [2.24, 2.45) is 0 Å². The van der Waals surface area contributed by atoms with E-state index in [0.717, 1.165) is 13.0 Å². The van der Waals surface area contributed by atoms with Crippen LogP contribution in [0, 0.1) is 0 Å². The van der Waals surface area contributed by atoms with Gasteiger partial charge in [-0.25, -0.2) is 0 Å². The van der Waals surface area contributed by atoms with Crippen LogP contribution in [0.15, 0.2) is 0 Å². The molecule has 0 fully saturated rings. The van der Waals surface area contributed by atoms with Gasteiger partial charge in [0.05, 0.1) is 19.3 Å². The topological polar surface area (TPSA) is 71.0 Å². The van der Waals surface area contributed by atoms with E-state index in [0.29, 0.717) is 6.42 Å². The lowest BCUT2D eigenvalue weighted by Crippen LogP contribution is -2.79. The van der Waals surface area contributed by atoms with Crippen LogP contribution in [0.1, 0.15) is 12.8 Å². The molecular formula is C5H14NO3S+. The molecule has 0 atom stereocenters. The summed E-state index contributed by atoms with van der Waals surface area (Å²) in [4.78, 5) is 0. The number of quaternary nitrogens is 1. The summed E-state index contributed by atoms with van der Waals surface area (Å²) >= 11 is 0. The lowest BCUT2D eigenvalue weighted by molar-refractivity contribution is -0.627. The summed E-state index contributed by atoms with van der Waals surface area (Å²) in [6.45, 7) is 0.912. The molecule has 0 aromatic heterocycles. The molecule has 0 saturated carbocycles. The number of hydrogen-bond donors (Lipinski definition) is 2. The minimum atomic E-state index is -3.72. The van der Waals surface area contributed by atoms with Gasteiger partial charge in [0.25, 0.3) is 10.1 Å². The second-order valence-electron chi connectivity index (χ2n) is 2.19. The van der Waals surface area contributed by atoms with Crippen LogP contribution in [-0.2, 0) is 10.1 Å². The van der Waals surface area contributed by atoms with Crippen molar-refractivity contribution in [3.05, 3.63) is 0 Å². The average Bonchev–Trinajstić information content (AvgIpc) is 1.78. The Labute approximate surface area is 61.4 Å². The second-order valence-corrected chi connectivity index (χ2v) is 3.76. The zero-order chi connectivity index (χ0) is 8.04. The van der Waals surface area contributed by atoms with E-state index in [1.165, 1.54) is 0 Å². The third-order valence-electron chi connectivity index (χ3n) is 1.15. The fourth-order valence-corrected chi connectivity index (χ4v) is 1.20. The summed E-state index contributed by atoms with van der Waals surface area (Å²) in [6.07, 6.45) is 1.37. The van der Waals surface area contributed by atoms with E-state index in [2.05, 4.69) is 0 Å². The van der Waals surface area contributed by atoms with E-state index in [-0.39, 0.29) is 5.75 Å². The van der Waals surface area contributed by atoms with Gasteiger partial charge in [0.1, 0.15) is 0 Å².